The molecule has 0 aromatic rings. The van der Waals surface area contributed by atoms with Gasteiger partial charge in [0.15, 0.2) is 0 Å². The Bertz CT molecular complexity index is 268. The van der Waals surface area contributed by atoms with Gasteiger partial charge in [-0.25, -0.2) is 4.79 Å². The van der Waals surface area contributed by atoms with Crippen LogP contribution in [0.25, 0.3) is 0 Å². The van der Waals surface area contributed by atoms with Gasteiger partial charge in [-0.1, -0.05) is 6.92 Å². The highest BCUT2D eigenvalue weighted by Gasteiger charge is 2.35. The van der Waals surface area contributed by atoms with Gasteiger partial charge in [0, 0.05) is 11.1 Å². The van der Waals surface area contributed by atoms with Gasteiger partial charge < -0.3 is 9.47 Å². The van der Waals surface area contributed by atoms with Crippen LogP contribution in [0.1, 0.15) is 39.0 Å². The lowest BCUT2D eigenvalue weighted by molar-refractivity contribution is -0.160. The van der Waals surface area contributed by atoms with E-state index in [0.29, 0.717) is 6.61 Å². The van der Waals surface area contributed by atoms with Gasteiger partial charge in [0.05, 0.1) is 6.61 Å². The fraction of sp³-hybridized carbons (Fsp3) is 0.727. The minimum Gasteiger partial charge on any atom is -0.428 e. The van der Waals surface area contributed by atoms with Crippen molar-refractivity contribution in [3.8, 4) is 0 Å². The summed E-state index contributed by atoms with van der Waals surface area (Å²) in [7, 11) is 0. The van der Waals surface area contributed by atoms with Crippen molar-refractivity contribution < 1.29 is 14.3 Å². The number of hydrogen-bond donors (Lipinski definition) is 0. The lowest BCUT2D eigenvalue weighted by Crippen LogP contribution is -2.17. The fourth-order valence-corrected chi connectivity index (χ4v) is 2.02. The molecule has 3 nitrogen and oxygen atoms in total. The van der Waals surface area contributed by atoms with E-state index < -0.39 is 0 Å². The van der Waals surface area contributed by atoms with Crippen LogP contribution in [0.3, 0.4) is 0 Å². The average Bonchev–Trinajstić information content (AvgIpc) is 2.54. The summed E-state index contributed by atoms with van der Waals surface area (Å²) in [4.78, 5) is 11.4. The van der Waals surface area contributed by atoms with Gasteiger partial charge in [-0.05, 0) is 32.1 Å². The largest absolute Gasteiger partial charge is 0.428 e. The maximum atomic E-state index is 11.4. The summed E-state index contributed by atoms with van der Waals surface area (Å²) in [6, 6.07) is 0. The molecule has 2 rings (SSSR count). The molecule has 0 saturated heterocycles. The molecule has 78 valence electrons. The molecular formula is C11H16O3. The van der Waals surface area contributed by atoms with Crippen molar-refractivity contribution in [2.75, 3.05) is 6.61 Å². The first-order valence-electron chi connectivity index (χ1n) is 5.37. The first kappa shape index (κ1) is 9.71. The molecule has 1 aliphatic carbocycles. The van der Waals surface area contributed by atoms with Crippen LogP contribution in [0.4, 0.5) is 0 Å². The minimum absolute atomic E-state index is 0.152. The monoisotopic (exact) mass is 196 g/mol. The molecular weight excluding hydrogens is 180 g/mol. The van der Waals surface area contributed by atoms with Crippen molar-refractivity contribution in [1.29, 1.82) is 0 Å². The van der Waals surface area contributed by atoms with E-state index in [-0.39, 0.29) is 12.3 Å². The molecule has 0 saturated carbocycles. The van der Waals surface area contributed by atoms with Crippen LogP contribution in [-0.4, -0.2) is 18.9 Å². The van der Waals surface area contributed by atoms with E-state index in [1.807, 2.05) is 6.92 Å². The summed E-state index contributed by atoms with van der Waals surface area (Å²) in [6.45, 7) is 2.71. The predicted molar refractivity (Wildman–Crippen MR) is 51.6 cm³/mol. The predicted octanol–water partition coefficient (Wildman–Crippen LogP) is 2.17. The first-order valence-corrected chi connectivity index (χ1v) is 5.37. The Kier molecular flexibility index (Phi) is 2.87. The smallest absolute Gasteiger partial charge is 0.336 e. The maximum absolute atomic E-state index is 11.4. The third-order valence-electron chi connectivity index (χ3n) is 2.73. The molecule has 2 aliphatic rings. The molecule has 14 heavy (non-hydrogen) atoms. The topological polar surface area (TPSA) is 35.5 Å². The zero-order chi connectivity index (χ0) is 9.97. The molecule has 3 heteroatoms. The van der Waals surface area contributed by atoms with Crippen LogP contribution in [0.2, 0.25) is 0 Å². The molecule has 0 aromatic heterocycles. The Morgan fingerprint density at radius 3 is 3.00 bits per heavy atom. The molecule has 0 amide bonds. The van der Waals surface area contributed by atoms with Gasteiger partial charge >= 0.3 is 5.97 Å². The van der Waals surface area contributed by atoms with Gasteiger partial charge in [-0.3, -0.25) is 0 Å². The number of cyclic esters (lactones) is 1. The van der Waals surface area contributed by atoms with Crippen molar-refractivity contribution in [3.63, 3.8) is 0 Å². The third kappa shape index (κ3) is 1.69. The van der Waals surface area contributed by atoms with Crippen molar-refractivity contribution >= 4 is 5.97 Å². The molecule has 0 bridgehead atoms. The van der Waals surface area contributed by atoms with Crippen LogP contribution >= 0.6 is 0 Å². The van der Waals surface area contributed by atoms with E-state index in [0.717, 1.165) is 43.3 Å². The van der Waals surface area contributed by atoms with E-state index in [2.05, 4.69) is 0 Å². The normalized spacial score (nSPS) is 26.4. The molecule has 0 radical (unpaired) electrons. The van der Waals surface area contributed by atoms with Gasteiger partial charge in [0.25, 0.3) is 0 Å². The second-order valence-corrected chi connectivity index (χ2v) is 3.82. The fourth-order valence-electron chi connectivity index (χ4n) is 2.02. The number of rotatable bonds is 3. The number of carbonyl (C=O) groups is 1. The zero-order valence-electron chi connectivity index (χ0n) is 8.54. The summed E-state index contributed by atoms with van der Waals surface area (Å²) in [5, 5.41) is 0. The lowest BCUT2D eigenvalue weighted by Gasteiger charge is -2.16. The summed E-state index contributed by atoms with van der Waals surface area (Å²) in [6.07, 6.45) is 4.69. The Morgan fingerprint density at radius 2 is 2.21 bits per heavy atom. The average molecular weight is 196 g/mol. The molecule has 0 aromatic carbocycles. The van der Waals surface area contributed by atoms with E-state index in [9.17, 15) is 4.79 Å². The van der Waals surface area contributed by atoms with Crippen molar-refractivity contribution in [2.24, 2.45) is 0 Å². The maximum Gasteiger partial charge on any atom is 0.336 e. The number of ether oxygens (including phenoxy) is 2. The van der Waals surface area contributed by atoms with Gasteiger partial charge in [0.1, 0.15) is 0 Å². The molecule has 1 aliphatic heterocycles. The van der Waals surface area contributed by atoms with E-state index in [4.69, 9.17) is 9.47 Å². The van der Waals surface area contributed by atoms with Crippen LogP contribution < -0.4 is 0 Å². The summed E-state index contributed by atoms with van der Waals surface area (Å²) in [5.41, 5.74) is 1.99. The van der Waals surface area contributed by atoms with Crippen molar-refractivity contribution in [1.82, 2.24) is 0 Å². The van der Waals surface area contributed by atoms with E-state index in [1.165, 1.54) is 0 Å². The Hall–Kier alpha value is -0.830. The SMILES string of the molecule is CCCOC1OC(=O)C2=C1CCCC2. The highest BCUT2D eigenvalue weighted by molar-refractivity contribution is 5.92. The second-order valence-electron chi connectivity index (χ2n) is 3.82. The van der Waals surface area contributed by atoms with Crippen LogP contribution in [0, 0.1) is 0 Å². The third-order valence-corrected chi connectivity index (χ3v) is 2.73. The molecule has 0 spiro atoms. The Morgan fingerprint density at radius 1 is 1.43 bits per heavy atom. The lowest BCUT2D eigenvalue weighted by atomic mass is 9.93. The first-order chi connectivity index (χ1) is 6.83. The molecule has 1 unspecified atom stereocenters. The van der Waals surface area contributed by atoms with Crippen LogP contribution in [-0.2, 0) is 14.3 Å². The van der Waals surface area contributed by atoms with E-state index >= 15 is 0 Å². The molecule has 0 N–H and O–H groups in total. The summed E-state index contributed by atoms with van der Waals surface area (Å²) < 4.78 is 10.7. The van der Waals surface area contributed by atoms with Crippen molar-refractivity contribution in [2.45, 2.75) is 45.3 Å². The highest BCUT2D eigenvalue weighted by Crippen LogP contribution is 2.34. The minimum atomic E-state index is -0.363. The molecule has 1 heterocycles. The van der Waals surface area contributed by atoms with Crippen LogP contribution in [0.5, 0.6) is 0 Å². The molecule has 0 fully saturated rings. The Labute approximate surface area is 84.1 Å². The standard InChI is InChI=1S/C11H16O3/c1-2-7-13-11-9-6-4-3-5-8(9)10(12)14-11/h11H,2-7H2,1H3. The van der Waals surface area contributed by atoms with Gasteiger partial charge in [-0.2, -0.15) is 0 Å². The van der Waals surface area contributed by atoms with E-state index in [1.54, 1.807) is 0 Å². The molecule has 1 atom stereocenters. The van der Waals surface area contributed by atoms with Gasteiger partial charge in [0.2, 0.25) is 6.29 Å². The summed E-state index contributed by atoms with van der Waals surface area (Å²) >= 11 is 0. The highest BCUT2D eigenvalue weighted by atomic mass is 16.7. The number of esters is 1. The van der Waals surface area contributed by atoms with Crippen LogP contribution in [0.15, 0.2) is 11.1 Å². The second kappa shape index (κ2) is 4.13. The quantitative estimate of drug-likeness (QED) is 0.649. The Balaban J connectivity index is 2.07. The van der Waals surface area contributed by atoms with Gasteiger partial charge in [-0.15, -0.1) is 0 Å². The zero-order valence-corrected chi connectivity index (χ0v) is 8.54. The summed E-state index contributed by atoms with van der Waals surface area (Å²) in [5.74, 6) is -0.152. The number of hydrogen-bond acceptors (Lipinski definition) is 3. The number of carbonyl (C=O) groups excluding carboxylic acids is 1. The van der Waals surface area contributed by atoms with Crippen molar-refractivity contribution in [3.05, 3.63) is 11.1 Å².